The summed E-state index contributed by atoms with van der Waals surface area (Å²) in [7, 11) is 0. The molecule has 3 aromatic rings. The van der Waals surface area contributed by atoms with Gasteiger partial charge in [0, 0.05) is 0 Å². The van der Waals surface area contributed by atoms with Crippen molar-refractivity contribution in [2.24, 2.45) is 0 Å². The molecular formula is C16H12F3N3O3. The van der Waals surface area contributed by atoms with Crippen molar-refractivity contribution in [3.8, 4) is 11.3 Å². The minimum Gasteiger partial charge on any atom is -0.476 e. The van der Waals surface area contributed by atoms with Crippen molar-refractivity contribution < 1.29 is 23.1 Å². The van der Waals surface area contributed by atoms with E-state index in [9.17, 15) is 22.8 Å². The number of rotatable bonds is 2. The Hall–Kier alpha value is -3.10. The van der Waals surface area contributed by atoms with Crippen molar-refractivity contribution in [2.45, 2.75) is 20.0 Å². The molecule has 2 N–H and O–H groups in total. The topological polar surface area (TPSA) is 87.5 Å². The Morgan fingerprint density at radius 3 is 2.48 bits per heavy atom. The number of hydrogen-bond acceptors (Lipinski definition) is 3. The molecule has 0 saturated carbocycles. The SMILES string of the molecule is Cc1ccc(-c2cn3nc(C(=O)O)c(C(F)(F)F)c3c(=O)[nH]2)cc1C. The number of alkyl halides is 3. The van der Waals surface area contributed by atoms with E-state index < -0.39 is 34.5 Å². The number of carbonyl (C=O) groups is 1. The van der Waals surface area contributed by atoms with E-state index in [1.165, 1.54) is 6.20 Å². The number of aromatic amines is 1. The second-order valence-electron chi connectivity index (χ2n) is 5.62. The fourth-order valence-electron chi connectivity index (χ4n) is 2.56. The van der Waals surface area contributed by atoms with E-state index in [-0.39, 0.29) is 5.69 Å². The Kier molecular flexibility index (Phi) is 3.66. The predicted octanol–water partition coefficient (Wildman–Crippen LogP) is 3.02. The molecule has 25 heavy (non-hydrogen) atoms. The lowest BCUT2D eigenvalue weighted by Gasteiger charge is -2.07. The lowest BCUT2D eigenvalue weighted by Crippen LogP contribution is -2.17. The highest BCUT2D eigenvalue weighted by Crippen LogP contribution is 2.34. The summed E-state index contributed by atoms with van der Waals surface area (Å²) < 4.78 is 40.3. The van der Waals surface area contributed by atoms with Gasteiger partial charge in [-0.15, -0.1) is 0 Å². The first-order valence-electron chi connectivity index (χ1n) is 7.13. The van der Waals surface area contributed by atoms with Gasteiger partial charge in [-0.25, -0.2) is 9.31 Å². The molecule has 0 unspecified atom stereocenters. The van der Waals surface area contributed by atoms with Gasteiger partial charge in [0.15, 0.2) is 5.69 Å². The van der Waals surface area contributed by atoms with Gasteiger partial charge in [0.2, 0.25) is 0 Å². The van der Waals surface area contributed by atoms with Gasteiger partial charge in [-0.3, -0.25) is 4.79 Å². The normalized spacial score (nSPS) is 11.9. The fourth-order valence-corrected chi connectivity index (χ4v) is 2.56. The molecule has 3 rings (SSSR count). The summed E-state index contributed by atoms with van der Waals surface area (Å²) in [4.78, 5) is 25.7. The first-order chi connectivity index (χ1) is 11.6. The molecule has 0 fully saturated rings. The van der Waals surface area contributed by atoms with Crippen LogP contribution in [0.3, 0.4) is 0 Å². The first-order valence-corrected chi connectivity index (χ1v) is 7.13. The van der Waals surface area contributed by atoms with E-state index >= 15 is 0 Å². The average Bonchev–Trinajstić information content (AvgIpc) is 2.90. The molecule has 130 valence electrons. The van der Waals surface area contributed by atoms with Crippen LogP contribution in [0.4, 0.5) is 13.2 Å². The van der Waals surface area contributed by atoms with E-state index in [0.29, 0.717) is 10.1 Å². The van der Waals surface area contributed by atoms with Crippen LogP contribution in [0.2, 0.25) is 0 Å². The number of carboxylic acids is 1. The van der Waals surface area contributed by atoms with Crippen LogP contribution in [0.1, 0.15) is 27.2 Å². The summed E-state index contributed by atoms with van der Waals surface area (Å²) in [6, 6.07) is 5.27. The van der Waals surface area contributed by atoms with Gasteiger partial charge in [-0.2, -0.15) is 18.3 Å². The van der Waals surface area contributed by atoms with Crippen molar-refractivity contribution in [1.82, 2.24) is 14.6 Å². The number of benzene rings is 1. The number of aromatic carboxylic acids is 1. The van der Waals surface area contributed by atoms with Crippen LogP contribution < -0.4 is 5.56 Å². The standard InChI is InChI=1S/C16H12F3N3O3/c1-7-3-4-9(5-8(7)2)10-6-22-13(14(23)20-10)11(16(17,18)19)12(21-22)15(24)25/h3-6H,1-2H3,(H,20,23)(H,24,25). The Labute approximate surface area is 138 Å². The second kappa shape index (κ2) is 5.47. The van der Waals surface area contributed by atoms with Gasteiger partial charge >= 0.3 is 12.1 Å². The van der Waals surface area contributed by atoms with E-state index in [1.54, 1.807) is 18.2 Å². The second-order valence-corrected chi connectivity index (χ2v) is 5.62. The Bertz CT molecular complexity index is 1060. The predicted molar refractivity (Wildman–Crippen MR) is 82.7 cm³/mol. The molecular weight excluding hydrogens is 339 g/mol. The quantitative estimate of drug-likeness (QED) is 0.743. The number of nitrogens with one attached hydrogen (secondary N) is 1. The molecule has 0 aliphatic carbocycles. The van der Waals surface area contributed by atoms with Crippen molar-refractivity contribution in [3.05, 3.63) is 57.1 Å². The van der Waals surface area contributed by atoms with E-state index in [0.717, 1.165) is 11.1 Å². The molecule has 0 saturated heterocycles. The summed E-state index contributed by atoms with van der Waals surface area (Å²) in [5.41, 5.74) is -1.94. The van der Waals surface area contributed by atoms with Crippen LogP contribution in [0.25, 0.3) is 16.8 Å². The average molecular weight is 351 g/mol. The zero-order valence-electron chi connectivity index (χ0n) is 13.1. The highest BCUT2D eigenvalue weighted by atomic mass is 19.4. The number of aryl methyl sites for hydroxylation is 2. The molecule has 0 aliphatic rings. The minimum atomic E-state index is -5.02. The molecule has 0 amide bonds. The van der Waals surface area contributed by atoms with Crippen molar-refractivity contribution in [3.63, 3.8) is 0 Å². The fraction of sp³-hybridized carbons (Fsp3) is 0.188. The molecule has 0 bridgehead atoms. The number of fused-ring (bicyclic) bond motifs is 1. The maximum Gasteiger partial charge on any atom is 0.421 e. The van der Waals surface area contributed by atoms with Gasteiger partial charge in [0.1, 0.15) is 11.1 Å². The Morgan fingerprint density at radius 1 is 1.24 bits per heavy atom. The minimum absolute atomic E-state index is 0.230. The third kappa shape index (κ3) is 2.77. The molecule has 0 radical (unpaired) electrons. The van der Waals surface area contributed by atoms with Gasteiger partial charge < -0.3 is 10.1 Å². The largest absolute Gasteiger partial charge is 0.476 e. The maximum atomic E-state index is 13.2. The van der Waals surface area contributed by atoms with Crippen LogP contribution in [-0.4, -0.2) is 25.7 Å². The van der Waals surface area contributed by atoms with Gasteiger partial charge in [-0.05, 0) is 36.6 Å². The molecule has 6 nitrogen and oxygen atoms in total. The number of hydrogen-bond donors (Lipinski definition) is 2. The van der Waals surface area contributed by atoms with Crippen LogP contribution in [0.5, 0.6) is 0 Å². The monoisotopic (exact) mass is 351 g/mol. The summed E-state index contributed by atoms with van der Waals surface area (Å²) >= 11 is 0. The molecule has 9 heteroatoms. The lowest BCUT2D eigenvalue weighted by molar-refractivity contribution is -0.136. The van der Waals surface area contributed by atoms with Crippen molar-refractivity contribution in [2.75, 3.05) is 0 Å². The van der Waals surface area contributed by atoms with Crippen LogP contribution >= 0.6 is 0 Å². The number of carboxylic acid groups (broad SMARTS) is 1. The molecule has 1 aromatic carbocycles. The molecule has 2 aromatic heterocycles. The van der Waals surface area contributed by atoms with Gasteiger partial charge in [0.05, 0.1) is 11.9 Å². The molecule has 0 aliphatic heterocycles. The van der Waals surface area contributed by atoms with Crippen molar-refractivity contribution >= 4 is 11.5 Å². The summed E-state index contributed by atoms with van der Waals surface area (Å²) in [6.45, 7) is 3.75. The Balaban J connectivity index is 2.33. The van der Waals surface area contributed by atoms with E-state index in [4.69, 9.17) is 5.11 Å². The van der Waals surface area contributed by atoms with Gasteiger partial charge in [0.25, 0.3) is 5.56 Å². The van der Waals surface area contributed by atoms with E-state index in [2.05, 4.69) is 10.1 Å². The lowest BCUT2D eigenvalue weighted by atomic mass is 10.0. The number of aromatic nitrogens is 3. The smallest absolute Gasteiger partial charge is 0.421 e. The molecule has 0 spiro atoms. The Morgan fingerprint density at radius 2 is 1.92 bits per heavy atom. The van der Waals surface area contributed by atoms with Crippen LogP contribution in [0.15, 0.2) is 29.2 Å². The summed E-state index contributed by atoms with van der Waals surface area (Å²) in [5, 5.41) is 12.4. The molecule has 2 heterocycles. The van der Waals surface area contributed by atoms with Crippen LogP contribution in [-0.2, 0) is 6.18 Å². The van der Waals surface area contributed by atoms with Crippen molar-refractivity contribution in [1.29, 1.82) is 0 Å². The highest BCUT2D eigenvalue weighted by Gasteiger charge is 2.41. The van der Waals surface area contributed by atoms with E-state index in [1.807, 2.05) is 13.8 Å². The molecule has 0 atom stereocenters. The third-order valence-electron chi connectivity index (χ3n) is 3.93. The maximum absolute atomic E-state index is 13.2. The zero-order chi connectivity index (χ0) is 18.5. The number of H-pyrrole nitrogens is 1. The van der Waals surface area contributed by atoms with Gasteiger partial charge in [-0.1, -0.05) is 12.1 Å². The number of nitrogens with zero attached hydrogens (tertiary/aromatic N) is 2. The number of halogens is 3. The summed E-state index contributed by atoms with van der Waals surface area (Å²) in [5.74, 6) is -1.86. The third-order valence-corrected chi connectivity index (χ3v) is 3.93. The first kappa shape index (κ1) is 16.7. The zero-order valence-corrected chi connectivity index (χ0v) is 13.1. The van der Waals surface area contributed by atoms with Crippen LogP contribution in [0, 0.1) is 13.8 Å². The highest BCUT2D eigenvalue weighted by molar-refractivity contribution is 5.90. The summed E-state index contributed by atoms with van der Waals surface area (Å²) in [6.07, 6.45) is -3.85.